The number of hydrogen-bond acceptors (Lipinski definition) is 4. The van der Waals surface area contributed by atoms with Gasteiger partial charge < -0.3 is 9.47 Å². The third-order valence-electron chi connectivity index (χ3n) is 3.42. The molecule has 0 atom stereocenters. The topological polar surface area (TPSA) is 52.6 Å². The van der Waals surface area contributed by atoms with Crippen molar-refractivity contribution < 1.29 is 19.1 Å². The van der Waals surface area contributed by atoms with Crippen LogP contribution in [-0.4, -0.2) is 26.0 Å². The van der Waals surface area contributed by atoms with Gasteiger partial charge in [-0.3, -0.25) is 4.79 Å². The molecule has 0 spiro atoms. The van der Waals surface area contributed by atoms with Gasteiger partial charge in [-0.05, 0) is 48.0 Å². The van der Waals surface area contributed by atoms with Crippen molar-refractivity contribution >= 4 is 29.4 Å². The average Bonchev–Trinajstić information content (AvgIpc) is 2.62. The van der Waals surface area contributed by atoms with Crippen LogP contribution in [0, 0.1) is 0 Å². The summed E-state index contributed by atoms with van der Waals surface area (Å²) in [6.45, 7) is 0. The zero-order valence-electron chi connectivity index (χ0n) is 13.4. The third kappa shape index (κ3) is 4.70. The first-order chi connectivity index (χ1) is 11.5. The van der Waals surface area contributed by atoms with Crippen LogP contribution in [0.5, 0.6) is 5.75 Å². The van der Waals surface area contributed by atoms with Crippen LogP contribution in [0.1, 0.15) is 22.3 Å². The number of halogens is 1. The molecule has 0 aliphatic heterocycles. The fourth-order valence-electron chi connectivity index (χ4n) is 2.13. The van der Waals surface area contributed by atoms with Crippen molar-refractivity contribution in [2.24, 2.45) is 0 Å². The van der Waals surface area contributed by atoms with Crippen LogP contribution < -0.4 is 4.74 Å². The van der Waals surface area contributed by atoms with Crippen molar-refractivity contribution in [3.05, 3.63) is 70.3 Å². The van der Waals surface area contributed by atoms with Gasteiger partial charge in [-0.15, -0.1) is 0 Å². The Kier molecular flexibility index (Phi) is 6.15. The normalized spacial score (nSPS) is 11.0. The van der Waals surface area contributed by atoms with Crippen LogP contribution in [0.3, 0.4) is 0 Å². The van der Waals surface area contributed by atoms with Gasteiger partial charge in [-0.2, -0.15) is 0 Å². The van der Waals surface area contributed by atoms with Crippen molar-refractivity contribution in [1.82, 2.24) is 0 Å². The van der Waals surface area contributed by atoms with Crippen LogP contribution in [-0.2, 0) is 9.53 Å². The second-order valence-corrected chi connectivity index (χ2v) is 5.48. The summed E-state index contributed by atoms with van der Waals surface area (Å²) in [5, 5.41) is 0.598. The summed E-state index contributed by atoms with van der Waals surface area (Å²) < 4.78 is 9.84. The Morgan fingerprint density at radius 2 is 1.62 bits per heavy atom. The van der Waals surface area contributed by atoms with E-state index in [-0.39, 0.29) is 17.8 Å². The highest BCUT2D eigenvalue weighted by Crippen LogP contribution is 2.18. The zero-order chi connectivity index (χ0) is 17.5. The third-order valence-corrected chi connectivity index (χ3v) is 3.67. The lowest BCUT2D eigenvalue weighted by molar-refractivity contribution is -0.136. The Hall–Kier alpha value is -2.59. The summed E-state index contributed by atoms with van der Waals surface area (Å²) in [6, 6.07) is 13.7. The molecule has 0 bridgehead atoms. The van der Waals surface area contributed by atoms with Crippen molar-refractivity contribution in [3.8, 4) is 5.75 Å². The molecule has 2 aromatic carbocycles. The molecule has 0 fully saturated rings. The molecule has 0 aromatic heterocycles. The van der Waals surface area contributed by atoms with E-state index in [2.05, 4.69) is 0 Å². The molecular formula is C19H17ClO4. The van der Waals surface area contributed by atoms with Gasteiger partial charge in [0.2, 0.25) is 0 Å². The summed E-state index contributed by atoms with van der Waals surface area (Å²) in [4.78, 5) is 24.4. The molecule has 0 saturated heterocycles. The molecule has 0 aliphatic rings. The highest BCUT2D eigenvalue weighted by molar-refractivity contribution is 6.30. The van der Waals surface area contributed by atoms with Crippen LogP contribution >= 0.6 is 11.6 Å². The van der Waals surface area contributed by atoms with Gasteiger partial charge in [0.25, 0.3) is 0 Å². The van der Waals surface area contributed by atoms with Gasteiger partial charge in [0.05, 0.1) is 14.2 Å². The Labute approximate surface area is 145 Å². The first kappa shape index (κ1) is 17.8. The number of Topliss-reactive ketones (excluding diaryl/α,β-unsaturated/α-hetero) is 1. The summed E-state index contributed by atoms with van der Waals surface area (Å²) in [5.74, 6) is -0.0495. The number of esters is 1. The molecule has 0 radical (unpaired) electrons. The summed E-state index contributed by atoms with van der Waals surface area (Å²) >= 11 is 5.85. The molecule has 2 aromatic rings. The molecule has 2 rings (SSSR count). The van der Waals surface area contributed by atoms with Crippen LogP contribution in [0.25, 0.3) is 6.08 Å². The minimum Gasteiger partial charge on any atom is -0.497 e. The number of benzene rings is 2. The van der Waals surface area contributed by atoms with E-state index in [4.69, 9.17) is 21.1 Å². The van der Waals surface area contributed by atoms with Gasteiger partial charge >= 0.3 is 5.97 Å². The SMILES string of the molecule is COC(=O)/C(=C/c1ccc(Cl)cc1)CC(=O)c1ccc(OC)cc1. The van der Waals surface area contributed by atoms with Crippen molar-refractivity contribution in [1.29, 1.82) is 0 Å². The Balaban J connectivity index is 2.23. The number of carbonyl (C=O) groups excluding carboxylic acids is 2. The van der Waals surface area contributed by atoms with Gasteiger partial charge in [-0.1, -0.05) is 23.7 Å². The maximum atomic E-state index is 12.4. The molecule has 4 nitrogen and oxygen atoms in total. The summed E-state index contributed by atoms with van der Waals surface area (Å²) in [7, 11) is 2.84. The number of hydrogen-bond donors (Lipinski definition) is 0. The standard InChI is InChI=1S/C19H17ClO4/c1-23-17-9-5-14(6-10-17)18(21)12-15(19(22)24-2)11-13-3-7-16(20)8-4-13/h3-11H,12H2,1-2H3/b15-11+. The molecule has 0 amide bonds. The van der Waals surface area contributed by atoms with Crippen LogP contribution in [0.15, 0.2) is 54.1 Å². The average molecular weight is 345 g/mol. The molecule has 5 heteroatoms. The monoisotopic (exact) mass is 344 g/mol. The fourth-order valence-corrected chi connectivity index (χ4v) is 2.25. The van der Waals surface area contributed by atoms with Gasteiger partial charge in [0.15, 0.2) is 5.78 Å². The molecular weight excluding hydrogens is 328 g/mol. The van der Waals surface area contributed by atoms with E-state index in [1.807, 2.05) is 0 Å². The molecule has 24 heavy (non-hydrogen) atoms. The molecule has 0 heterocycles. The van der Waals surface area contributed by atoms with Crippen LogP contribution in [0.2, 0.25) is 5.02 Å². The van der Waals surface area contributed by atoms with E-state index < -0.39 is 5.97 Å². The minimum atomic E-state index is -0.535. The van der Waals surface area contributed by atoms with Gasteiger partial charge in [0.1, 0.15) is 5.75 Å². The fraction of sp³-hybridized carbons (Fsp3) is 0.158. The van der Waals surface area contributed by atoms with Crippen molar-refractivity contribution in [2.75, 3.05) is 14.2 Å². The first-order valence-corrected chi connectivity index (χ1v) is 7.63. The predicted molar refractivity (Wildman–Crippen MR) is 93.4 cm³/mol. The highest BCUT2D eigenvalue weighted by Gasteiger charge is 2.16. The van der Waals surface area contributed by atoms with Crippen molar-refractivity contribution in [2.45, 2.75) is 6.42 Å². The first-order valence-electron chi connectivity index (χ1n) is 7.25. The van der Waals surface area contributed by atoms with Gasteiger partial charge in [0, 0.05) is 22.6 Å². The second kappa shape index (κ2) is 8.31. The van der Waals surface area contributed by atoms with E-state index in [1.54, 1.807) is 61.7 Å². The number of rotatable bonds is 6. The minimum absolute atomic E-state index is 0.0539. The quantitative estimate of drug-likeness (QED) is 0.448. The lowest BCUT2D eigenvalue weighted by Gasteiger charge is -2.07. The molecule has 0 saturated carbocycles. The highest BCUT2D eigenvalue weighted by atomic mass is 35.5. The Bertz CT molecular complexity index is 746. The number of ketones is 1. The molecule has 124 valence electrons. The second-order valence-electron chi connectivity index (χ2n) is 5.04. The lowest BCUT2D eigenvalue weighted by atomic mass is 10.0. The largest absolute Gasteiger partial charge is 0.497 e. The Morgan fingerprint density at radius 1 is 1.00 bits per heavy atom. The number of carbonyl (C=O) groups is 2. The molecule has 0 N–H and O–H groups in total. The maximum absolute atomic E-state index is 12.4. The van der Waals surface area contributed by atoms with Crippen LogP contribution in [0.4, 0.5) is 0 Å². The Morgan fingerprint density at radius 3 is 2.17 bits per heavy atom. The van der Waals surface area contributed by atoms with E-state index in [9.17, 15) is 9.59 Å². The number of methoxy groups -OCH3 is 2. The van der Waals surface area contributed by atoms with Crippen molar-refractivity contribution in [3.63, 3.8) is 0 Å². The maximum Gasteiger partial charge on any atom is 0.334 e. The predicted octanol–water partition coefficient (Wildman–Crippen LogP) is 4.18. The van der Waals surface area contributed by atoms with E-state index in [0.717, 1.165) is 5.56 Å². The summed E-state index contributed by atoms with van der Waals surface area (Å²) in [5.41, 5.74) is 1.55. The smallest absolute Gasteiger partial charge is 0.334 e. The molecule has 0 aliphatic carbocycles. The van der Waals surface area contributed by atoms with E-state index in [1.165, 1.54) is 7.11 Å². The zero-order valence-corrected chi connectivity index (χ0v) is 14.2. The van der Waals surface area contributed by atoms with E-state index >= 15 is 0 Å². The molecule has 0 unspecified atom stereocenters. The number of ether oxygens (including phenoxy) is 2. The lowest BCUT2D eigenvalue weighted by Crippen LogP contribution is -2.10. The summed E-state index contributed by atoms with van der Waals surface area (Å²) in [6.07, 6.45) is 1.57. The van der Waals surface area contributed by atoms with E-state index in [0.29, 0.717) is 16.3 Å². The van der Waals surface area contributed by atoms with Gasteiger partial charge in [-0.25, -0.2) is 4.79 Å².